The Morgan fingerprint density at radius 2 is 1.85 bits per heavy atom. The average Bonchev–Trinajstić information content (AvgIpc) is 2.41. The minimum Gasteiger partial charge on any atom is -0.480 e. The molecule has 7 nitrogen and oxygen atoms in total. The Morgan fingerprint density at radius 3 is 2.30 bits per heavy atom. The summed E-state index contributed by atoms with van der Waals surface area (Å²) in [4.78, 5) is 34.2. The molecule has 3 atom stereocenters. The third-order valence-electron chi connectivity index (χ3n) is 3.21. The monoisotopic (exact) mass is 287 g/mol. The number of carboxylic acid groups (broad SMARTS) is 1. The van der Waals surface area contributed by atoms with E-state index in [-0.39, 0.29) is 24.7 Å². The van der Waals surface area contributed by atoms with Gasteiger partial charge in [-0.05, 0) is 19.3 Å². The van der Waals surface area contributed by atoms with Crippen LogP contribution >= 0.6 is 0 Å². The van der Waals surface area contributed by atoms with Gasteiger partial charge in [-0.1, -0.05) is 20.3 Å². The molecule has 0 saturated heterocycles. The maximum atomic E-state index is 11.8. The summed E-state index contributed by atoms with van der Waals surface area (Å²) >= 11 is 0. The smallest absolute Gasteiger partial charge is 0.326 e. The quantitative estimate of drug-likeness (QED) is 0.469. The van der Waals surface area contributed by atoms with E-state index in [2.05, 4.69) is 10.6 Å². The molecule has 0 bridgehead atoms. The first-order valence-electron chi connectivity index (χ1n) is 6.88. The summed E-state index contributed by atoms with van der Waals surface area (Å²) in [6.07, 6.45) is 0.815. The second kappa shape index (κ2) is 9.30. The van der Waals surface area contributed by atoms with Crippen LogP contribution in [0.1, 0.15) is 40.0 Å². The van der Waals surface area contributed by atoms with Gasteiger partial charge in [-0.25, -0.2) is 4.79 Å². The standard InChI is InChI=1S/C13H25N3O4/c1-4-8(3)11(14)12(18)16-9(13(19)20)6-7-10(17)15-5-2/h8-9,11H,4-7,14H2,1-3H3,(H,15,17)(H,16,18)(H,19,20)/t8-,9-,11-/m0/s1. The highest BCUT2D eigenvalue weighted by atomic mass is 16.4. The van der Waals surface area contributed by atoms with Gasteiger partial charge in [0.05, 0.1) is 6.04 Å². The number of amides is 2. The van der Waals surface area contributed by atoms with Gasteiger partial charge >= 0.3 is 5.97 Å². The van der Waals surface area contributed by atoms with Crippen LogP contribution in [0.15, 0.2) is 0 Å². The lowest BCUT2D eigenvalue weighted by Gasteiger charge is -2.21. The van der Waals surface area contributed by atoms with Gasteiger partial charge in [0.2, 0.25) is 11.8 Å². The van der Waals surface area contributed by atoms with Crippen LogP contribution in [0.5, 0.6) is 0 Å². The van der Waals surface area contributed by atoms with Crippen molar-refractivity contribution in [3.63, 3.8) is 0 Å². The second-order valence-electron chi connectivity index (χ2n) is 4.80. The van der Waals surface area contributed by atoms with Crippen LogP contribution in [-0.4, -0.2) is 41.5 Å². The van der Waals surface area contributed by atoms with E-state index in [1.54, 1.807) is 6.92 Å². The van der Waals surface area contributed by atoms with E-state index in [1.807, 2.05) is 13.8 Å². The topological polar surface area (TPSA) is 122 Å². The van der Waals surface area contributed by atoms with Crippen molar-refractivity contribution in [1.29, 1.82) is 0 Å². The SMILES string of the molecule is CCNC(=O)CC[C@H](NC(=O)[C@@H](N)[C@@H](C)CC)C(=O)O. The van der Waals surface area contributed by atoms with Crippen LogP contribution in [0, 0.1) is 5.92 Å². The number of carbonyl (C=O) groups is 3. The first kappa shape index (κ1) is 18.4. The van der Waals surface area contributed by atoms with Crippen molar-refractivity contribution in [2.45, 2.75) is 52.1 Å². The predicted molar refractivity (Wildman–Crippen MR) is 74.9 cm³/mol. The summed E-state index contributed by atoms with van der Waals surface area (Å²) in [5.74, 6) is -1.94. The molecule has 0 rings (SSSR count). The molecule has 0 aliphatic heterocycles. The molecule has 0 unspecified atom stereocenters. The summed E-state index contributed by atoms with van der Waals surface area (Å²) in [5, 5.41) is 14.0. The molecule has 116 valence electrons. The average molecular weight is 287 g/mol. The Morgan fingerprint density at radius 1 is 1.25 bits per heavy atom. The first-order valence-corrected chi connectivity index (χ1v) is 6.88. The molecule has 2 amide bonds. The van der Waals surface area contributed by atoms with Gasteiger partial charge in [0.1, 0.15) is 6.04 Å². The molecule has 0 aliphatic carbocycles. The summed E-state index contributed by atoms with van der Waals surface area (Å²) in [6.45, 7) is 6.00. The van der Waals surface area contributed by atoms with Gasteiger partial charge in [-0.3, -0.25) is 9.59 Å². The maximum Gasteiger partial charge on any atom is 0.326 e. The Hall–Kier alpha value is -1.63. The zero-order valence-corrected chi connectivity index (χ0v) is 12.3. The van der Waals surface area contributed by atoms with Crippen LogP contribution in [0.2, 0.25) is 0 Å². The predicted octanol–water partition coefficient (Wildman–Crippen LogP) is -0.154. The van der Waals surface area contributed by atoms with Gasteiger partial charge in [0, 0.05) is 13.0 Å². The van der Waals surface area contributed by atoms with Crippen LogP contribution in [-0.2, 0) is 14.4 Å². The van der Waals surface area contributed by atoms with Gasteiger partial charge in [-0.15, -0.1) is 0 Å². The fourth-order valence-corrected chi connectivity index (χ4v) is 1.60. The second-order valence-corrected chi connectivity index (χ2v) is 4.80. The highest BCUT2D eigenvalue weighted by Gasteiger charge is 2.26. The number of nitrogens with one attached hydrogen (secondary N) is 2. The first-order chi connectivity index (χ1) is 9.33. The third kappa shape index (κ3) is 6.51. The number of carboxylic acids is 1. The van der Waals surface area contributed by atoms with E-state index in [9.17, 15) is 14.4 Å². The van der Waals surface area contributed by atoms with Crippen molar-refractivity contribution in [3.05, 3.63) is 0 Å². The van der Waals surface area contributed by atoms with Crippen molar-refractivity contribution in [2.24, 2.45) is 11.7 Å². The van der Waals surface area contributed by atoms with Gasteiger partial charge < -0.3 is 21.5 Å². The molecular weight excluding hydrogens is 262 g/mol. The lowest BCUT2D eigenvalue weighted by atomic mass is 9.99. The zero-order chi connectivity index (χ0) is 15.7. The molecule has 0 fully saturated rings. The van der Waals surface area contributed by atoms with Crippen molar-refractivity contribution >= 4 is 17.8 Å². The van der Waals surface area contributed by atoms with E-state index in [4.69, 9.17) is 10.8 Å². The van der Waals surface area contributed by atoms with E-state index in [0.29, 0.717) is 6.54 Å². The molecule has 0 aromatic carbocycles. The number of aliphatic carboxylic acids is 1. The number of carbonyl (C=O) groups excluding carboxylic acids is 2. The van der Waals surface area contributed by atoms with E-state index < -0.39 is 24.0 Å². The Balaban J connectivity index is 4.44. The summed E-state index contributed by atoms with van der Waals surface area (Å²) in [7, 11) is 0. The van der Waals surface area contributed by atoms with Crippen LogP contribution in [0.25, 0.3) is 0 Å². The van der Waals surface area contributed by atoms with E-state index in [0.717, 1.165) is 6.42 Å². The van der Waals surface area contributed by atoms with Crippen molar-refractivity contribution in [3.8, 4) is 0 Å². The molecule has 0 heterocycles. The highest BCUT2D eigenvalue weighted by molar-refractivity contribution is 5.87. The van der Waals surface area contributed by atoms with Crippen molar-refractivity contribution < 1.29 is 19.5 Å². The summed E-state index contributed by atoms with van der Waals surface area (Å²) < 4.78 is 0. The van der Waals surface area contributed by atoms with E-state index in [1.165, 1.54) is 0 Å². The molecule has 0 spiro atoms. The maximum absolute atomic E-state index is 11.8. The molecule has 7 heteroatoms. The fraction of sp³-hybridized carbons (Fsp3) is 0.769. The van der Waals surface area contributed by atoms with Crippen LogP contribution in [0.3, 0.4) is 0 Å². The number of hydrogen-bond donors (Lipinski definition) is 4. The minimum atomic E-state index is -1.17. The normalized spacial score (nSPS) is 15.0. The van der Waals surface area contributed by atoms with Gasteiger partial charge in [-0.2, -0.15) is 0 Å². The zero-order valence-electron chi connectivity index (χ0n) is 12.3. The fourth-order valence-electron chi connectivity index (χ4n) is 1.60. The Labute approximate surface area is 119 Å². The largest absolute Gasteiger partial charge is 0.480 e. The molecule has 0 aromatic heterocycles. The molecule has 5 N–H and O–H groups in total. The van der Waals surface area contributed by atoms with Crippen LogP contribution in [0.4, 0.5) is 0 Å². The van der Waals surface area contributed by atoms with Crippen LogP contribution < -0.4 is 16.4 Å². The lowest BCUT2D eigenvalue weighted by molar-refractivity contribution is -0.142. The molecule has 0 aliphatic rings. The third-order valence-corrected chi connectivity index (χ3v) is 3.21. The molecule has 0 aromatic rings. The molecule has 0 radical (unpaired) electrons. The minimum absolute atomic E-state index is 0.0344. The molecule has 20 heavy (non-hydrogen) atoms. The van der Waals surface area contributed by atoms with Crippen molar-refractivity contribution in [2.75, 3.05) is 6.54 Å². The lowest BCUT2D eigenvalue weighted by Crippen LogP contribution is -2.50. The number of rotatable bonds is 9. The Bertz CT molecular complexity index is 347. The van der Waals surface area contributed by atoms with Crippen molar-refractivity contribution in [1.82, 2.24) is 10.6 Å². The summed E-state index contributed by atoms with van der Waals surface area (Å²) in [5.41, 5.74) is 5.74. The van der Waals surface area contributed by atoms with Gasteiger partial charge in [0.25, 0.3) is 0 Å². The van der Waals surface area contributed by atoms with E-state index >= 15 is 0 Å². The summed E-state index contributed by atoms with van der Waals surface area (Å²) in [6, 6.07) is -1.84. The highest BCUT2D eigenvalue weighted by Crippen LogP contribution is 2.06. The molecular formula is C13H25N3O4. The molecule has 0 saturated carbocycles. The Kier molecular flexibility index (Phi) is 8.54. The number of hydrogen-bond acceptors (Lipinski definition) is 4. The van der Waals surface area contributed by atoms with Gasteiger partial charge in [0.15, 0.2) is 0 Å². The number of nitrogens with two attached hydrogens (primary N) is 1.